The summed E-state index contributed by atoms with van der Waals surface area (Å²) in [5.41, 5.74) is 0.641. The van der Waals surface area contributed by atoms with Crippen LogP contribution >= 0.6 is 0 Å². The molecule has 20 heavy (non-hydrogen) atoms. The average molecular weight is 278 g/mol. The zero-order valence-electron chi connectivity index (χ0n) is 10.7. The molecule has 2 aromatic rings. The third kappa shape index (κ3) is 3.23. The van der Waals surface area contributed by atoms with Gasteiger partial charge in [-0.1, -0.05) is 5.16 Å². The van der Waals surface area contributed by atoms with Gasteiger partial charge >= 0.3 is 11.8 Å². The molecule has 2 heterocycles. The van der Waals surface area contributed by atoms with Gasteiger partial charge in [-0.15, -0.1) is 0 Å². The number of hydrogen-bond donors (Lipinski definition) is 3. The van der Waals surface area contributed by atoms with Crippen molar-refractivity contribution in [3.8, 4) is 0 Å². The Morgan fingerprint density at radius 1 is 1.45 bits per heavy atom. The Balaban J connectivity index is 1.83. The van der Waals surface area contributed by atoms with E-state index in [0.29, 0.717) is 5.69 Å². The van der Waals surface area contributed by atoms with Crippen molar-refractivity contribution in [3.63, 3.8) is 0 Å². The second-order valence-electron chi connectivity index (χ2n) is 4.11. The molecule has 0 aliphatic heterocycles. The molecule has 0 saturated heterocycles. The number of hydrogen-bond acceptors (Lipinski definition) is 5. The van der Waals surface area contributed by atoms with E-state index in [0.717, 1.165) is 0 Å². The van der Waals surface area contributed by atoms with Gasteiger partial charge in [0.05, 0.1) is 0 Å². The van der Waals surface area contributed by atoms with Crippen LogP contribution in [0.25, 0.3) is 0 Å². The van der Waals surface area contributed by atoms with Crippen LogP contribution in [0.5, 0.6) is 0 Å². The van der Waals surface area contributed by atoms with E-state index in [4.69, 9.17) is 0 Å². The topological polar surface area (TPSA) is 109 Å². The van der Waals surface area contributed by atoms with Crippen LogP contribution in [0.2, 0.25) is 0 Å². The predicted octanol–water partition coefficient (Wildman–Crippen LogP) is -0.199. The fourth-order valence-electron chi connectivity index (χ4n) is 1.64. The Morgan fingerprint density at radius 3 is 2.85 bits per heavy atom. The lowest BCUT2D eigenvalue weighted by atomic mass is 10.2. The van der Waals surface area contributed by atoms with Crippen molar-refractivity contribution in [2.75, 3.05) is 11.9 Å². The minimum absolute atomic E-state index is 0.0665. The summed E-state index contributed by atoms with van der Waals surface area (Å²) in [6.07, 6.45) is 2.16. The number of amides is 2. The number of anilines is 1. The number of aryl methyl sites for hydroxylation is 1. The van der Waals surface area contributed by atoms with Gasteiger partial charge in [0.1, 0.15) is 12.4 Å². The van der Waals surface area contributed by atoms with Crippen LogP contribution in [0, 0.1) is 0 Å². The van der Waals surface area contributed by atoms with E-state index in [1.807, 2.05) is 0 Å². The van der Waals surface area contributed by atoms with Crippen LogP contribution in [0.3, 0.4) is 0 Å². The molecule has 8 nitrogen and oxygen atoms in total. The van der Waals surface area contributed by atoms with E-state index in [-0.39, 0.29) is 12.4 Å². The summed E-state index contributed by atoms with van der Waals surface area (Å²) >= 11 is 0. The molecule has 0 bridgehead atoms. The first kappa shape index (κ1) is 13.8. The number of carbonyl (C=O) groups excluding carboxylic acids is 2. The molecule has 2 rings (SSSR count). The quantitative estimate of drug-likeness (QED) is 0.671. The molecule has 0 aliphatic rings. The maximum Gasteiger partial charge on any atom is 0.314 e. The molecule has 0 fully saturated rings. The summed E-state index contributed by atoms with van der Waals surface area (Å²) in [6, 6.07) is 4.91. The Hall–Kier alpha value is -2.61. The van der Waals surface area contributed by atoms with Crippen LogP contribution in [-0.4, -0.2) is 33.2 Å². The van der Waals surface area contributed by atoms with Crippen molar-refractivity contribution in [1.29, 1.82) is 0 Å². The van der Waals surface area contributed by atoms with Crippen molar-refractivity contribution in [2.24, 2.45) is 7.05 Å². The standard InChI is InChI=1S/C12H14N4O4/c1-16-5-2-3-8(16)9(17)7-13-11(18)12(19)14-10-4-6-20-15-10/h2-6,9,17H,7H2,1H3,(H,13,18)(H,14,15,19). The summed E-state index contributed by atoms with van der Waals surface area (Å²) in [7, 11) is 1.78. The third-order valence-electron chi connectivity index (χ3n) is 2.67. The minimum Gasteiger partial charge on any atom is -0.385 e. The smallest absolute Gasteiger partial charge is 0.314 e. The fraction of sp³-hybridized carbons (Fsp3) is 0.250. The van der Waals surface area contributed by atoms with Gasteiger partial charge in [-0.2, -0.15) is 0 Å². The third-order valence-corrected chi connectivity index (χ3v) is 2.67. The highest BCUT2D eigenvalue weighted by Gasteiger charge is 2.17. The van der Waals surface area contributed by atoms with Gasteiger partial charge in [0.2, 0.25) is 0 Å². The lowest BCUT2D eigenvalue weighted by molar-refractivity contribution is -0.136. The summed E-state index contributed by atoms with van der Waals surface area (Å²) in [6.45, 7) is -0.0665. The number of nitrogens with zero attached hydrogens (tertiary/aromatic N) is 2. The van der Waals surface area contributed by atoms with Crippen LogP contribution in [0.4, 0.5) is 5.82 Å². The molecule has 106 valence electrons. The lowest BCUT2D eigenvalue weighted by Crippen LogP contribution is -2.37. The first-order valence-corrected chi connectivity index (χ1v) is 5.87. The maximum absolute atomic E-state index is 11.5. The normalized spacial score (nSPS) is 11.9. The first-order chi connectivity index (χ1) is 9.58. The Kier molecular flexibility index (Phi) is 4.16. The van der Waals surface area contributed by atoms with Crippen molar-refractivity contribution >= 4 is 17.6 Å². The highest BCUT2D eigenvalue weighted by Crippen LogP contribution is 2.11. The molecule has 0 spiro atoms. The van der Waals surface area contributed by atoms with Gasteiger partial charge in [-0.3, -0.25) is 14.9 Å². The number of aliphatic hydroxyl groups excluding tert-OH is 1. The van der Waals surface area contributed by atoms with Crippen LogP contribution in [-0.2, 0) is 16.6 Å². The van der Waals surface area contributed by atoms with Gasteiger partial charge in [-0.05, 0) is 12.1 Å². The van der Waals surface area contributed by atoms with Gasteiger partial charge < -0.3 is 19.5 Å². The van der Waals surface area contributed by atoms with Gasteiger partial charge in [0.25, 0.3) is 0 Å². The largest absolute Gasteiger partial charge is 0.385 e. The second-order valence-corrected chi connectivity index (χ2v) is 4.11. The Bertz CT molecular complexity index is 590. The van der Waals surface area contributed by atoms with Gasteiger partial charge in [0, 0.05) is 31.5 Å². The van der Waals surface area contributed by atoms with Crippen molar-refractivity contribution in [1.82, 2.24) is 15.0 Å². The summed E-state index contributed by atoms with van der Waals surface area (Å²) in [4.78, 5) is 23.0. The first-order valence-electron chi connectivity index (χ1n) is 5.87. The number of rotatable bonds is 4. The monoisotopic (exact) mass is 278 g/mol. The van der Waals surface area contributed by atoms with Crippen molar-refractivity contribution < 1.29 is 19.2 Å². The SMILES string of the molecule is Cn1cccc1C(O)CNC(=O)C(=O)Nc1ccon1. The number of nitrogens with one attached hydrogen (secondary N) is 2. The Labute approximate surface area is 114 Å². The highest BCUT2D eigenvalue weighted by atomic mass is 16.5. The van der Waals surface area contributed by atoms with Crippen LogP contribution in [0.1, 0.15) is 11.8 Å². The summed E-state index contributed by atoms with van der Waals surface area (Å²) in [5.74, 6) is -1.59. The molecule has 0 radical (unpaired) electrons. The van der Waals surface area contributed by atoms with Crippen LogP contribution in [0.15, 0.2) is 35.2 Å². The molecule has 0 aromatic carbocycles. The second kappa shape index (κ2) is 6.02. The minimum atomic E-state index is -0.890. The molecule has 0 saturated carbocycles. The molecule has 2 aromatic heterocycles. The fourth-order valence-corrected chi connectivity index (χ4v) is 1.64. The molecule has 2 amide bonds. The lowest BCUT2D eigenvalue weighted by Gasteiger charge is -2.12. The highest BCUT2D eigenvalue weighted by molar-refractivity contribution is 6.39. The average Bonchev–Trinajstić information content (AvgIpc) is 3.06. The van der Waals surface area contributed by atoms with E-state index in [1.165, 1.54) is 12.3 Å². The van der Waals surface area contributed by atoms with E-state index in [2.05, 4.69) is 20.3 Å². The molecule has 1 atom stereocenters. The number of carbonyl (C=O) groups is 2. The van der Waals surface area contributed by atoms with Crippen LogP contribution < -0.4 is 10.6 Å². The van der Waals surface area contributed by atoms with Crippen molar-refractivity contribution in [2.45, 2.75) is 6.10 Å². The predicted molar refractivity (Wildman–Crippen MR) is 68.5 cm³/mol. The van der Waals surface area contributed by atoms with E-state index < -0.39 is 17.9 Å². The van der Waals surface area contributed by atoms with E-state index >= 15 is 0 Å². The molecular formula is C12H14N4O4. The van der Waals surface area contributed by atoms with Gasteiger partial charge in [0.15, 0.2) is 5.82 Å². The zero-order valence-corrected chi connectivity index (χ0v) is 10.7. The number of aliphatic hydroxyl groups is 1. The van der Waals surface area contributed by atoms with E-state index in [1.54, 1.807) is 29.9 Å². The van der Waals surface area contributed by atoms with Gasteiger partial charge in [-0.25, -0.2) is 0 Å². The molecule has 3 N–H and O–H groups in total. The summed E-state index contributed by atoms with van der Waals surface area (Å²) in [5, 5.41) is 17.9. The van der Waals surface area contributed by atoms with Crippen molar-refractivity contribution in [3.05, 3.63) is 36.4 Å². The molecule has 0 aliphatic carbocycles. The maximum atomic E-state index is 11.5. The molecular weight excluding hydrogens is 264 g/mol. The molecule has 1 unspecified atom stereocenters. The number of aromatic nitrogens is 2. The zero-order chi connectivity index (χ0) is 14.5. The summed E-state index contributed by atoms with van der Waals surface area (Å²) < 4.78 is 6.24. The molecule has 8 heteroatoms. The van der Waals surface area contributed by atoms with E-state index in [9.17, 15) is 14.7 Å². The Morgan fingerprint density at radius 2 is 2.25 bits per heavy atom.